The van der Waals surface area contributed by atoms with Gasteiger partial charge in [0.25, 0.3) is 5.91 Å². The topological polar surface area (TPSA) is 92.8 Å². The smallest absolute Gasteiger partial charge is 0.256 e. The molecule has 1 saturated heterocycles. The molecule has 2 aliphatic rings. The lowest BCUT2D eigenvalue weighted by molar-refractivity contribution is -0.313. The van der Waals surface area contributed by atoms with E-state index < -0.39 is 23.7 Å². The minimum absolute atomic E-state index is 0.143. The van der Waals surface area contributed by atoms with Crippen LogP contribution in [0.1, 0.15) is 48.5 Å². The van der Waals surface area contributed by atoms with E-state index in [0.717, 1.165) is 18.8 Å². The van der Waals surface area contributed by atoms with Crippen molar-refractivity contribution in [3.63, 3.8) is 0 Å². The van der Waals surface area contributed by atoms with E-state index in [9.17, 15) is 19.5 Å². The molecule has 1 aliphatic carbocycles. The maximum atomic E-state index is 13.4. The molecule has 1 fully saturated rings. The van der Waals surface area contributed by atoms with Gasteiger partial charge in [-0.15, -0.1) is 0 Å². The number of nitrogens with zero attached hydrogens (tertiary/aromatic N) is 2. The number of amides is 2. The quantitative estimate of drug-likeness (QED) is 0.650. The van der Waals surface area contributed by atoms with Gasteiger partial charge >= 0.3 is 0 Å². The van der Waals surface area contributed by atoms with E-state index in [1.807, 2.05) is 6.08 Å². The summed E-state index contributed by atoms with van der Waals surface area (Å²) in [5.41, 5.74) is 3.27. The lowest BCUT2D eigenvalue weighted by Crippen LogP contribution is -2.49. The maximum Gasteiger partial charge on any atom is 0.256 e. The molecule has 7 nitrogen and oxygen atoms in total. The second kappa shape index (κ2) is 10.8. The van der Waals surface area contributed by atoms with Gasteiger partial charge in [-0.1, -0.05) is 50.3 Å². The third-order valence-electron chi connectivity index (χ3n) is 6.98. The zero-order chi connectivity index (χ0) is 24.9. The summed E-state index contributed by atoms with van der Waals surface area (Å²) < 4.78 is 0. The molecule has 0 unspecified atom stereocenters. The van der Waals surface area contributed by atoms with E-state index in [4.69, 9.17) is 0 Å². The van der Waals surface area contributed by atoms with E-state index in [0.29, 0.717) is 36.7 Å². The van der Waals surface area contributed by atoms with Crippen LogP contribution in [0.25, 0.3) is 0 Å². The number of carbonyl (C=O) groups excluding carboxylic acids is 3. The highest BCUT2D eigenvalue weighted by Gasteiger charge is 2.31. The molecule has 2 aromatic carbocycles. The number of hydrogen-bond donors (Lipinski definition) is 1. The second-order valence-corrected chi connectivity index (χ2v) is 9.54. The van der Waals surface area contributed by atoms with Crippen molar-refractivity contribution in [1.82, 2.24) is 4.90 Å². The van der Waals surface area contributed by atoms with E-state index in [1.165, 1.54) is 5.56 Å². The summed E-state index contributed by atoms with van der Waals surface area (Å²) in [6, 6.07) is 15.5. The maximum absolute atomic E-state index is 13.4. The van der Waals surface area contributed by atoms with Crippen LogP contribution in [-0.4, -0.2) is 48.9 Å². The van der Waals surface area contributed by atoms with Crippen LogP contribution in [0.3, 0.4) is 0 Å². The van der Waals surface area contributed by atoms with Crippen molar-refractivity contribution >= 4 is 29.2 Å². The minimum Gasteiger partial charge on any atom is -0.550 e. The van der Waals surface area contributed by atoms with Crippen LogP contribution < -0.4 is 15.3 Å². The number of carboxylic acid groups (broad SMARTS) is 1. The van der Waals surface area contributed by atoms with Crippen LogP contribution in [0, 0.1) is 11.8 Å². The molecule has 1 N–H and O–H groups in total. The van der Waals surface area contributed by atoms with E-state index in [1.54, 1.807) is 35.2 Å². The van der Waals surface area contributed by atoms with Crippen LogP contribution in [0.2, 0.25) is 0 Å². The summed E-state index contributed by atoms with van der Waals surface area (Å²) in [6.07, 6.45) is 4.18. The molecule has 2 aromatic rings. The predicted octanol–water partition coefficient (Wildman–Crippen LogP) is 3.04. The van der Waals surface area contributed by atoms with Crippen molar-refractivity contribution in [2.75, 3.05) is 36.4 Å². The second-order valence-electron chi connectivity index (χ2n) is 9.54. The van der Waals surface area contributed by atoms with Gasteiger partial charge in [0, 0.05) is 43.8 Å². The number of anilines is 2. The summed E-state index contributed by atoms with van der Waals surface area (Å²) in [5, 5.41) is 14.3. The Morgan fingerprint density at radius 1 is 0.886 bits per heavy atom. The normalized spacial score (nSPS) is 20.1. The Morgan fingerprint density at radius 2 is 1.51 bits per heavy atom. The number of hydrogen-bond acceptors (Lipinski definition) is 5. The van der Waals surface area contributed by atoms with E-state index >= 15 is 0 Å². The number of rotatable bonds is 6. The first kappa shape index (κ1) is 24.5. The zero-order valence-corrected chi connectivity index (χ0v) is 20.3. The molecule has 0 aromatic heterocycles. The average Bonchev–Trinajstić information content (AvgIpc) is 2.88. The Morgan fingerprint density at radius 3 is 2.14 bits per heavy atom. The fraction of sp³-hybridized carbons (Fsp3) is 0.393. The van der Waals surface area contributed by atoms with Crippen molar-refractivity contribution in [3.05, 3.63) is 71.8 Å². The lowest BCUT2D eigenvalue weighted by Gasteiger charge is -2.36. The van der Waals surface area contributed by atoms with Gasteiger partial charge in [0.2, 0.25) is 5.91 Å². The van der Waals surface area contributed by atoms with Crippen molar-refractivity contribution in [2.24, 2.45) is 11.8 Å². The Kier molecular flexibility index (Phi) is 7.54. The number of carboxylic acids is 1. The van der Waals surface area contributed by atoms with Crippen molar-refractivity contribution < 1.29 is 19.5 Å². The number of carbonyl (C=O) groups is 3. The number of aliphatic carboxylic acids is 1. The highest BCUT2D eigenvalue weighted by Crippen LogP contribution is 2.28. The van der Waals surface area contributed by atoms with Gasteiger partial charge in [0.1, 0.15) is 0 Å². The summed E-state index contributed by atoms with van der Waals surface area (Å²) in [5.74, 6) is -2.88. The summed E-state index contributed by atoms with van der Waals surface area (Å²) in [4.78, 5) is 41.9. The Hall–Kier alpha value is -3.61. The molecule has 2 amide bonds. The van der Waals surface area contributed by atoms with Crippen LogP contribution in [0.5, 0.6) is 0 Å². The van der Waals surface area contributed by atoms with Crippen molar-refractivity contribution in [3.8, 4) is 0 Å². The van der Waals surface area contributed by atoms with Gasteiger partial charge in [0.15, 0.2) is 0 Å². The molecule has 0 saturated carbocycles. The van der Waals surface area contributed by atoms with Gasteiger partial charge < -0.3 is 25.0 Å². The summed E-state index contributed by atoms with van der Waals surface area (Å²) in [7, 11) is 0. The molecule has 1 aliphatic heterocycles. The average molecular weight is 475 g/mol. The van der Waals surface area contributed by atoms with Crippen molar-refractivity contribution in [1.29, 1.82) is 0 Å². The molecular formula is C28H32N3O4-. The number of nitrogens with one attached hydrogen (secondary N) is 1. The van der Waals surface area contributed by atoms with Crippen LogP contribution in [0.4, 0.5) is 11.4 Å². The van der Waals surface area contributed by atoms with E-state index in [-0.39, 0.29) is 12.3 Å². The van der Waals surface area contributed by atoms with Gasteiger partial charge in [0.05, 0.1) is 17.2 Å². The lowest BCUT2D eigenvalue weighted by atomic mass is 9.82. The van der Waals surface area contributed by atoms with Crippen LogP contribution in [0.15, 0.2) is 60.7 Å². The number of para-hydroxylation sites is 1. The molecule has 184 valence electrons. The fourth-order valence-electron chi connectivity index (χ4n) is 4.78. The van der Waals surface area contributed by atoms with E-state index in [2.05, 4.69) is 48.3 Å². The molecular weight excluding hydrogens is 442 g/mol. The first-order valence-electron chi connectivity index (χ1n) is 12.2. The number of allylic oxidation sites excluding steroid dienone is 2. The van der Waals surface area contributed by atoms with Gasteiger partial charge in [-0.05, 0) is 48.6 Å². The molecule has 35 heavy (non-hydrogen) atoms. The molecule has 0 spiro atoms. The third kappa shape index (κ3) is 5.56. The molecule has 0 bridgehead atoms. The summed E-state index contributed by atoms with van der Waals surface area (Å²) >= 11 is 0. The highest BCUT2D eigenvalue weighted by atomic mass is 16.4. The third-order valence-corrected chi connectivity index (χ3v) is 6.98. The molecule has 4 rings (SSSR count). The van der Waals surface area contributed by atoms with Crippen LogP contribution >= 0.6 is 0 Å². The SMILES string of the molecule is CC(C)c1ccc(N2CCN(C(=O)c3ccccc3NC(=O)[C@H]3CC=CC[C@@H]3C(=O)[O-])CC2)cc1. The monoisotopic (exact) mass is 474 g/mol. The Bertz CT molecular complexity index is 1100. The molecule has 2 atom stereocenters. The largest absolute Gasteiger partial charge is 0.550 e. The predicted molar refractivity (Wildman–Crippen MR) is 134 cm³/mol. The van der Waals surface area contributed by atoms with Gasteiger partial charge in [-0.3, -0.25) is 9.59 Å². The summed E-state index contributed by atoms with van der Waals surface area (Å²) in [6.45, 7) is 6.95. The number of benzene rings is 2. The molecule has 0 radical (unpaired) electrons. The van der Waals surface area contributed by atoms with Gasteiger partial charge in [-0.25, -0.2) is 0 Å². The zero-order valence-electron chi connectivity index (χ0n) is 20.3. The Balaban J connectivity index is 1.41. The first-order chi connectivity index (χ1) is 16.8. The van der Waals surface area contributed by atoms with Gasteiger partial charge in [-0.2, -0.15) is 0 Å². The first-order valence-corrected chi connectivity index (χ1v) is 12.2. The Labute approximate surface area is 206 Å². The number of piperazine rings is 1. The molecule has 1 heterocycles. The minimum atomic E-state index is -1.23. The van der Waals surface area contributed by atoms with Crippen molar-refractivity contribution in [2.45, 2.75) is 32.6 Å². The fourth-order valence-corrected chi connectivity index (χ4v) is 4.78. The van der Waals surface area contributed by atoms with Crippen LogP contribution in [-0.2, 0) is 9.59 Å². The highest BCUT2D eigenvalue weighted by molar-refractivity contribution is 6.04. The molecule has 7 heteroatoms. The standard InChI is InChI=1S/C28H33N3O4/c1-19(2)20-11-13-21(14-12-20)30-15-17-31(18-16-30)27(33)24-9-5-6-10-25(24)29-26(32)22-7-3-4-8-23(22)28(34)35/h3-6,9-14,19,22-23H,7-8,15-18H2,1-2H3,(H,29,32)(H,34,35)/p-1/t22-,23-/m0/s1.